The van der Waals surface area contributed by atoms with Crippen LogP contribution in [0.4, 0.5) is 18.0 Å². The quantitative estimate of drug-likeness (QED) is 0.861. The summed E-state index contributed by atoms with van der Waals surface area (Å²) in [6, 6.07) is 5.37. The van der Waals surface area contributed by atoms with Crippen molar-refractivity contribution < 1.29 is 18.0 Å². The Morgan fingerprint density at radius 1 is 1.29 bits per heavy atom. The van der Waals surface area contributed by atoms with Gasteiger partial charge < -0.3 is 10.6 Å². The van der Waals surface area contributed by atoms with Crippen LogP contribution in [0.1, 0.15) is 30.4 Å². The summed E-state index contributed by atoms with van der Waals surface area (Å²) in [5.74, 6) is 0.167. The minimum atomic E-state index is -4.45. The van der Waals surface area contributed by atoms with E-state index in [0.717, 1.165) is 18.1 Å². The number of piperidine rings is 1. The number of hydrogen-bond acceptors (Lipinski definition) is 2. The van der Waals surface area contributed by atoms with Crippen molar-refractivity contribution in [2.75, 3.05) is 13.1 Å². The topological polar surface area (TPSA) is 59.2 Å². The third kappa shape index (κ3) is 3.02. The highest BCUT2D eigenvalue weighted by Gasteiger charge is 2.35. The van der Waals surface area contributed by atoms with E-state index in [1.54, 1.807) is 17.0 Å². The van der Waals surface area contributed by atoms with Gasteiger partial charge in [-0.05, 0) is 30.0 Å². The molecule has 1 unspecified atom stereocenters. The Kier molecular flexibility index (Phi) is 4.11. The fourth-order valence-electron chi connectivity index (χ4n) is 3.54. The molecule has 4 nitrogen and oxygen atoms in total. The fraction of sp³-hybridized carbons (Fsp3) is 0.412. The minimum Gasteiger partial charge on any atom is -0.351 e. The van der Waals surface area contributed by atoms with E-state index in [9.17, 15) is 18.0 Å². The minimum absolute atomic E-state index is 0.0497. The molecule has 0 radical (unpaired) electrons. The number of nitrogens with two attached hydrogens (primary N) is 1. The van der Waals surface area contributed by atoms with E-state index < -0.39 is 17.8 Å². The Labute approximate surface area is 137 Å². The molecule has 7 heteroatoms. The molecule has 1 aromatic heterocycles. The molecule has 2 heterocycles. The zero-order valence-electron chi connectivity index (χ0n) is 13.2. The van der Waals surface area contributed by atoms with E-state index in [-0.39, 0.29) is 17.4 Å². The standard InChI is InChI=1S/C17H18F3N3O/c1-10-7-11(9-23(8-10)16(21)24)12-4-5-14(17(18,19)20)15-13(12)3-2-6-22-15/h2-6,10-11H,7-9H2,1H3,(H2,21,24)/t10-,11?/m0/s1. The average molecular weight is 337 g/mol. The number of benzene rings is 1. The second-order valence-corrected chi connectivity index (χ2v) is 6.38. The molecule has 24 heavy (non-hydrogen) atoms. The number of fused-ring (bicyclic) bond motifs is 1. The highest BCUT2D eigenvalue weighted by Crippen LogP contribution is 2.39. The Morgan fingerprint density at radius 3 is 2.71 bits per heavy atom. The summed E-state index contributed by atoms with van der Waals surface area (Å²) in [7, 11) is 0. The number of alkyl halides is 3. The summed E-state index contributed by atoms with van der Waals surface area (Å²) < 4.78 is 39.6. The second kappa shape index (κ2) is 5.96. The molecule has 0 saturated carbocycles. The Hall–Kier alpha value is -2.31. The van der Waals surface area contributed by atoms with Crippen LogP contribution in [0.25, 0.3) is 10.9 Å². The van der Waals surface area contributed by atoms with E-state index in [2.05, 4.69) is 4.98 Å². The molecule has 1 aromatic carbocycles. The molecule has 0 bridgehead atoms. The SMILES string of the molecule is C[C@H]1CC(c2ccc(C(F)(F)F)c3ncccc23)CN(C(N)=O)C1. The molecule has 2 aromatic rings. The van der Waals surface area contributed by atoms with Crippen molar-refractivity contribution in [1.29, 1.82) is 0 Å². The lowest BCUT2D eigenvalue weighted by atomic mass is 9.83. The number of aromatic nitrogens is 1. The molecular formula is C17H18F3N3O. The normalized spacial score (nSPS) is 21.9. The predicted molar refractivity (Wildman–Crippen MR) is 84.4 cm³/mol. The summed E-state index contributed by atoms with van der Waals surface area (Å²) in [5, 5.41) is 0.482. The van der Waals surface area contributed by atoms with Crippen molar-refractivity contribution >= 4 is 16.9 Å². The number of rotatable bonds is 1. The highest BCUT2D eigenvalue weighted by atomic mass is 19.4. The van der Waals surface area contributed by atoms with Crippen LogP contribution in [0, 0.1) is 5.92 Å². The summed E-state index contributed by atoms with van der Waals surface area (Å²) in [5.41, 5.74) is 5.38. The third-order valence-electron chi connectivity index (χ3n) is 4.52. The summed E-state index contributed by atoms with van der Waals surface area (Å²) >= 11 is 0. The van der Waals surface area contributed by atoms with Gasteiger partial charge in [0.1, 0.15) is 0 Å². The first-order valence-electron chi connectivity index (χ1n) is 7.76. The monoisotopic (exact) mass is 337 g/mol. The third-order valence-corrected chi connectivity index (χ3v) is 4.52. The summed E-state index contributed by atoms with van der Waals surface area (Å²) in [4.78, 5) is 17.0. The molecule has 2 N–H and O–H groups in total. The number of likely N-dealkylation sites (tertiary alicyclic amines) is 1. The van der Waals surface area contributed by atoms with Crippen LogP contribution >= 0.6 is 0 Å². The van der Waals surface area contributed by atoms with Gasteiger partial charge in [-0.1, -0.05) is 19.1 Å². The van der Waals surface area contributed by atoms with Crippen LogP contribution in [0.5, 0.6) is 0 Å². The number of pyridine rings is 1. The number of primary amides is 1. The van der Waals surface area contributed by atoms with Gasteiger partial charge in [-0.25, -0.2) is 4.79 Å². The number of carbonyl (C=O) groups excluding carboxylic acids is 1. The predicted octanol–water partition coefficient (Wildman–Crippen LogP) is 3.76. The molecule has 1 aliphatic rings. The molecule has 0 aliphatic carbocycles. The van der Waals surface area contributed by atoms with Gasteiger partial charge in [0.15, 0.2) is 0 Å². The molecule has 2 amide bonds. The van der Waals surface area contributed by atoms with Gasteiger partial charge in [0.05, 0.1) is 11.1 Å². The lowest BCUT2D eigenvalue weighted by molar-refractivity contribution is -0.136. The van der Waals surface area contributed by atoms with Crippen molar-refractivity contribution in [3.63, 3.8) is 0 Å². The Bertz CT molecular complexity index is 775. The van der Waals surface area contributed by atoms with Gasteiger partial charge >= 0.3 is 12.2 Å². The van der Waals surface area contributed by atoms with E-state index in [4.69, 9.17) is 5.73 Å². The van der Waals surface area contributed by atoms with Crippen LogP contribution in [-0.4, -0.2) is 29.0 Å². The lowest BCUT2D eigenvalue weighted by Gasteiger charge is -2.36. The summed E-state index contributed by atoms with van der Waals surface area (Å²) in [6.45, 7) is 2.99. The maximum atomic E-state index is 13.2. The molecule has 2 atom stereocenters. The number of halogens is 3. The van der Waals surface area contributed by atoms with Gasteiger partial charge in [-0.15, -0.1) is 0 Å². The first kappa shape index (κ1) is 16.5. The van der Waals surface area contributed by atoms with E-state index in [1.165, 1.54) is 12.3 Å². The lowest BCUT2D eigenvalue weighted by Crippen LogP contribution is -2.45. The number of nitrogens with zero attached hydrogens (tertiary/aromatic N) is 2. The van der Waals surface area contributed by atoms with Crippen LogP contribution in [0.15, 0.2) is 30.5 Å². The van der Waals surface area contributed by atoms with Crippen molar-refractivity contribution in [2.24, 2.45) is 11.7 Å². The van der Waals surface area contributed by atoms with E-state index in [0.29, 0.717) is 18.5 Å². The van der Waals surface area contributed by atoms with Crippen LogP contribution in [0.3, 0.4) is 0 Å². The maximum Gasteiger partial charge on any atom is 0.418 e. The van der Waals surface area contributed by atoms with E-state index in [1.807, 2.05) is 6.92 Å². The van der Waals surface area contributed by atoms with Crippen LogP contribution in [-0.2, 0) is 6.18 Å². The fourth-order valence-corrected chi connectivity index (χ4v) is 3.54. The van der Waals surface area contributed by atoms with Gasteiger partial charge in [0, 0.05) is 30.6 Å². The Morgan fingerprint density at radius 2 is 2.04 bits per heavy atom. The number of hydrogen-bond donors (Lipinski definition) is 1. The first-order chi connectivity index (χ1) is 11.3. The van der Waals surface area contributed by atoms with Gasteiger partial charge in [0.2, 0.25) is 0 Å². The first-order valence-corrected chi connectivity index (χ1v) is 7.76. The molecule has 1 saturated heterocycles. The molecule has 1 aliphatic heterocycles. The van der Waals surface area contributed by atoms with Crippen molar-refractivity contribution in [2.45, 2.75) is 25.4 Å². The molecular weight excluding hydrogens is 319 g/mol. The zero-order chi connectivity index (χ0) is 17.5. The maximum absolute atomic E-state index is 13.2. The second-order valence-electron chi connectivity index (χ2n) is 6.38. The van der Waals surface area contributed by atoms with Gasteiger partial charge in [-0.3, -0.25) is 4.98 Å². The summed E-state index contributed by atoms with van der Waals surface area (Å²) in [6.07, 6.45) is -2.30. The van der Waals surface area contributed by atoms with Crippen molar-refractivity contribution in [3.8, 4) is 0 Å². The number of carbonyl (C=O) groups is 1. The zero-order valence-corrected chi connectivity index (χ0v) is 13.2. The van der Waals surface area contributed by atoms with E-state index >= 15 is 0 Å². The smallest absolute Gasteiger partial charge is 0.351 e. The highest BCUT2D eigenvalue weighted by molar-refractivity contribution is 5.86. The van der Waals surface area contributed by atoms with Crippen molar-refractivity contribution in [3.05, 3.63) is 41.6 Å². The number of amides is 2. The van der Waals surface area contributed by atoms with Crippen molar-refractivity contribution in [1.82, 2.24) is 9.88 Å². The molecule has 0 spiro atoms. The largest absolute Gasteiger partial charge is 0.418 e. The van der Waals surface area contributed by atoms with Crippen LogP contribution in [0.2, 0.25) is 0 Å². The van der Waals surface area contributed by atoms with Crippen LogP contribution < -0.4 is 5.73 Å². The van der Waals surface area contributed by atoms with Gasteiger partial charge in [0.25, 0.3) is 0 Å². The molecule has 1 fully saturated rings. The van der Waals surface area contributed by atoms with Gasteiger partial charge in [-0.2, -0.15) is 13.2 Å². The molecule has 3 rings (SSSR count). The number of urea groups is 1. The average Bonchev–Trinajstić information content (AvgIpc) is 2.52. The molecule has 128 valence electrons. The Balaban J connectivity index is 2.09.